The Hall–Kier alpha value is -1.55. The number of benzene rings is 1. The van der Waals surface area contributed by atoms with Gasteiger partial charge in [0.2, 0.25) is 5.91 Å². The van der Waals surface area contributed by atoms with Crippen LogP contribution in [-0.2, 0) is 11.2 Å². The molecule has 2 fully saturated rings. The van der Waals surface area contributed by atoms with E-state index in [0.29, 0.717) is 6.42 Å². The third-order valence-corrected chi connectivity index (χ3v) is 6.24. The van der Waals surface area contributed by atoms with E-state index in [1.54, 1.807) is 7.11 Å². The summed E-state index contributed by atoms with van der Waals surface area (Å²) < 4.78 is 5.39. The van der Waals surface area contributed by atoms with E-state index in [1.807, 2.05) is 24.3 Å². The molecule has 1 aliphatic heterocycles. The lowest BCUT2D eigenvalue weighted by atomic mass is 9.79. The molecular weight excluding hydrogens is 324 g/mol. The average Bonchev–Trinajstić information content (AvgIpc) is 2.72. The number of nitrogens with zero attached hydrogens (tertiary/aromatic N) is 1. The van der Waals surface area contributed by atoms with E-state index in [0.717, 1.165) is 24.3 Å². The molecule has 0 radical (unpaired) electrons. The van der Waals surface area contributed by atoms with Crippen molar-refractivity contribution in [3.8, 4) is 5.75 Å². The molecule has 2 aliphatic rings. The van der Waals surface area contributed by atoms with Crippen molar-refractivity contribution in [3.63, 3.8) is 0 Å². The third kappa shape index (κ3) is 4.79. The molecule has 4 nitrogen and oxygen atoms in total. The summed E-state index contributed by atoms with van der Waals surface area (Å²) in [5.41, 5.74) is 1.31. The number of rotatable bonds is 7. The summed E-state index contributed by atoms with van der Waals surface area (Å²) in [6.45, 7) is 3.23. The van der Waals surface area contributed by atoms with Gasteiger partial charge in [0.1, 0.15) is 5.75 Å². The Morgan fingerprint density at radius 2 is 1.77 bits per heavy atom. The zero-order valence-corrected chi connectivity index (χ0v) is 16.3. The van der Waals surface area contributed by atoms with E-state index in [1.165, 1.54) is 64.5 Å². The van der Waals surface area contributed by atoms with Crippen LogP contribution in [0.4, 0.5) is 0 Å². The summed E-state index contributed by atoms with van der Waals surface area (Å²) >= 11 is 0. The first-order chi connectivity index (χ1) is 12.7. The summed E-state index contributed by atoms with van der Waals surface area (Å²) in [5.74, 6) is 1.04. The van der Waals surface area contributed by atoms with E-state index >= 15 is 0 Å². The Balaban J connectivity index is 1.54. The fourth-order valence-corrected chi connectivity index (χ4v) is 4.69. The van der Waals surface area contributed by atoms with Crippen LogP contribution in [0.5, 0.6) is 5.75 Å². The van der Waals surface area contributed by atoms with E-state index in [9.17, 15) is 4.79 Å². The second-order valence-corrected chi connectivity index (χ2v) is 7.92. The van der Waals surface area contributed by atoms with Crippen LogP contribution in [0, 0.1) is 0 Å². The van der Waals surface area contributed by atoms with Crippen LogP contribution >= 0.6 is 0 Å². The number of carbonyl (C=O) groups is 1. The van der Waals surface area contributed by atoms with Crippen LogP contribution in [0.15, 0.2) is 24.3 Å². The Morgan fingerprint density at radius 1 is 1.08 bits per heavy atom. The number of hydrogen-bond acceptors (Lipinski definition) is 3. The number of aryl methyl sites for hydroxylation is 1. The van der Waals surface area contributed by atoms with Gasteiger partial charge in [0.15, 0.2) is 0 Å². The molecule has 26 heavy (non-hydrogen) atoms. The molecule has 1 saturated carbocycles. The predicted molar refractivity (Wildman–Crippen MR) is 106 cm³/mol. The van der Waals surface area contributed by atoms with Crippen molar-refractivity contribution in [1.82, 2.24) is 10.2 Å². The highest BCUT2D eigenvalue weighted by Gasteiger charge is 2.38. The van der Waals surface area contributed by atoms with E-state index in [4.69, 9.17) is 4.74 Å². The molecule has 0 unspecified atom stereocenters. The summed E-state index contributed by atoms with van der Waals surface area (Å²) in [7, 11) is 1.68. The van der Waals surface area contributed by atoms with Gasteiger partial charge >= 0.3 is 0 Å². The Labute approximate surface area is 158 Å². The van der Waals surface area contributed by atoms with E-state index < -0.39 is 0 Å². The smallest absolute Gasteiger partial charge is 0.220 e. The van der Waals surface area contributed by atoms with Gasteiger partial charge in [0.25, 0.3) is 0 Å². The maximum atomic E-state index is 12.5. The summed E-state index contributed by atoms with van der Waals surface area (Å²) in [6, 6.07) is 7.97. The van der Waals surface area contributed by atoms with Crippen molar-refractivity contribution in [1.29, 1.82) is 0 Å². The summed E-state index contributed by atoms with van der Waals surface area (Å²) in [6.07, 6.45) is 11.6. The maximum Gasteiger partial charge on any atom is 0.220 e. The molecule has 1 heterocycles. The summed E-state index contributed by atoms with van der Waals surface area (Å²) in [5, 5.41) is 3.28. The summed E-state index contributed by atoms with van der Waals surface area (Å²) in [4.78, 5) is 15.2. The van der Waals surface area contributed by atoms with Crippen molar-refractivity contribution in [3.05, 3.63) is 29.8 Å². The molecule has 3 rings (SSSR count). The van der Waals surface area contributed by atoms with Crippen LogP contribution < -0.4 is 10.1 Å². The highest BCUT2D eigenvalue weighted by atomic mass is 16.5. The lowest BCUT2D eigenvalue weighted by Gasteiger charge is -2.48. The van der Waals surface area contributed by atoms with Gasteiger partial charge in [-0.2, -0.15) is 0 Å². The molecule has 1 saturated heterocycles. The number of amides is 1. The fraction of sp³-hybridized carbons (Fsp3) is 0.682. The van der Waals surface area contributed by atoms with Crippen molar-refractivity contribution < 1.29 is 9.53 Å². The minimum atomic E-state index is 0.165. The molecular formula is C22H34N2O2. The quantitative estimate of drug-likeness (QED) is 0.803. The van der Waals surface area contributed by atoms with Crippen LogP contribution in [0.3, 0.4) is 0 Å². The molecule has 1 aromatic rings. The molecule has 0 atom stereocenters. The van der Waals surface area contributed by atoms with Gasteiger partial charge in [-0.05, 0) is 56.8 Å². The van der Waals surface area contributed by atoms with E-state index in [2.05, 4.69) is 10.2 Å². The molecule has 1 aliphatic carbocycles. The van der Waals surface area contributed by atoms with Crippen LogP contribution in [0.2, 0.25) is 0 Å². The van der Waals surface area contributed by atoms with Crippen molar-refractivity contribution in [2.75, 3.05) is 26.7 Å². The van der Waals surface area contributed by atoms with E-state index in [-0.39, 0.29) is 11.4 Å². The molecule has 144 valence electrons. The predicted octanol–water partition coefficient (Wildman–Crippen LogP) is 3.93. The lowest BCUT2D eigenvalue weighted by molar-refractivity contribution is -0.122. The van der Waals surface area contributed by atoms with Gasteiger partial charge in [-0.25, -0.2) is 0 Å². The number of ether oxygens (including phenoxy) is 1. The number of hydrogen-bond donors (Lipinski definition) is 1. The zero-order chi connectivity index (χ0) is 18.2. The minimum Gasteiger partial charge on any atom is -0.496 e. The molecule has 0 spiro atoms. The Kier molecular flexibility index (Phi) is 6.95. The topological polar surface area (TPSA) is 41.6 Å². The normalized spacial score (nSPS) is 20.5. The molecule has 1 aromatic carbocycles. The zero-order valence-electron chi connectivity index (χ0n) is 16.3. The van der Waals surface area contributed by atoms with Crippen LogP contribution in [-0.4, -0.2) is 43.1 Å². The number of carbonyl (C=O) groups excluding carboxylic acids is 1. The molecule has 1 N–H and O–H groups in total. The first-order valence-electron chi connectivity index (χ1n) is 10.4. The highest BCUT2D eigenvalue weighted by Crippen LogP contribution is 2.35. The molecule has 0 aromatic heterocycles. The highest BCUT2D eigenvalue weighted by molar-refractivity contribution is 5.76. The van der Waals surface area contributed by atoms with Crippen molar-refractivity contribution in [2.45, 2.75) is 69.7 Å². The van der Waals surface area contributed by atoms with Gasteiger partial charge < -0.3 is 10.1 Å². The molecule has 4 heteroatoms. The lowest BCUT2D eigenvalue weighted by Crippen LogP contribution is -2.58. The maximum absolute atomic E-state index is 12.5. The number of para-hydroxylation sites is 1. The third-order valence-electron chi connectivity index (χ3n) is 6.24. The number of piperidine rings is 1. The number of methoxy groups -OCH3 is 1. The van der Waals surface area contributed by atoms with Gasteiger partial charge in [0.05, 0.1) is 7.11 Å². The first-order valence-corrected chi connectivity index (χ1v) is 10.4. The van der Waals surface area contributed by atoms with Gasteiger partial charge in [0, 0.05) is 18.5 Å². The van der Waals surface area contributed by atoms with Crippen molar-refractivity contribution in [2.24, 2.45) is 0 Å². The van der Waals surface area contributed by atoms with Crippen LogP contribution in [0.25, 0.3) is 0 Å². The Morgan fingerprint density at radius 3 is 2.50 bits per heavy atom. The standard InChI is InChI=1S/C22H34N2O2/c1-26-20-11-5-4-10-19(20)12-13-21(25)23-18-22(14-6-2-7-15-22)24-16-8-3-9-17-24/h4-5,10-11H,2-3,6-9,12-18H2,1H3,(H,23,25). The molecule has 0 bridgehead atoms. The average molecular weight is 359 g/mol. The molecule has 1 amide bonds. The second-order valence-electron chi connectivity index (χ2n) is 7.92. The minimum absolute atomic E-state index is 0.165. The Bertz CT molecular complexity index is 575. The number of nitrogens with one attached hydrogen (secondary N) is 1. The van der Waals surface area contributed by atoms with Crippen LogP contribution in [0.1, 0.15) is 63.4 Å². The monoisotopic (exact) mass is 358 g/mol. The fourth-order valence-electron chi connectivity index (χ4n) is 4.69. The number of likely N-dealkylation sites (tertiary alicyclic amines) is 1. The second kappa shape index (κ2) is 9.40. The van der Waals surface area contributed by atoms with Gasteiger partial charge in [-0.3, -0.25) is 9.69 Å². The first kappa shape index (κ1) is 19.2. The van der Waals surface area contributed by atoms with Gasteiger partial charge in [-0.15, -0.1) is 0 Å². The largest absolute Gasteiger partial charge is 0.496 e. The van der Waals surface area contributed by atoms with Gasteiger partial charge in [-0.1, -0.05) is 43.9 Å². The SMILES string of the molecule is COc1ccccc1CCC(=O)NCC1(N2CCCCC2)CCCCC1. The van der Waals surface area contributed by atoms with Crippen molar-refractivity contribution >= 4 is 5.91 Å².